The van der Waals surface area contributed by atoms with E-state index in [0.29, 0.717) is 5.76 Å². The summed E-state index contributed by atoms with van der Waals surface area (Å²) in [6.07, 6.45) is 6.94. The summed E-state index contributed by atoms with van der Waals surface area (Å²) in [7, 11) is 1.32. The van der Waals surface area contributed by atoms with Gasteiger partial charge in [0.1, 0.15) is 5.76 Å². The Labute approximate surface area is 103 Å². The molecule has 1 unspecified atom stereocenters. The molecule has 1 atom stereocenters. The first-order chi connectivity index (χ1) is 7.67. The highest BCUT2D eigenvalue weighted by Crippen LogP contribution is 2.18. The summed E-state index contributed by atoms with van der Waals surface area (Å²) >= 11 is 5.24. The fraction of sp³-hybridized carbons (Fsp3) is 0.333. The van der Waals surface area contributed by atoms with E-state index in [1.54, 1.807) is 25.2 Å². The largest absolute Gasteiger partial charge is 0.477 e. The molecule has 0 aliphatic heterocycles. The van der Waals surface area contributed by atoms with E-state index in [1.807, 2.05) is 19.9 Å². The molecular formula is C12H15BClO2. The molecule has 85 valence electrons. The van der Waals surface area contributed by atoms with Crippen LogP contribution < -0.4 is 0 Å². The van der Waals surface area contributed by atoms with Gasteiger partial charge in [0, 0.05) is 11.9 Å². The molecule has 0 saturated heterocycles. The van der Waals surface area contributed by atoms with Gasteiger partial charge in [0.25, 0.3) is 0 Å². The Hall–Kier alpha value is -1.11. The normalized spacial score (nSPS) is 14.9. The molecule has 0 fully saturated rings. The number of allylic oxidation sites excluding steroid dienone is 3. The second-order valence-electron chi connectivity index (χ2n) is 2.87. The van der Waals surface area contributed by atoms with Crippen molar-refractivity contribution in [2.45, 2.75) is 26.3 Å². The van der Waals surface area contributed by atoms with Crippen molar-refractivity contribution in [2.75, 3.05) is 0 Å². The van der Waals surface area contributed by atoms with Gasteiger partial charge in [-0.15, -0.1) is 5.92 Å². The zero-order valence-corrected chi connectivity index (χ0v) is 10.5. The van der Waals surface area contributed by atoms with E-state index < -0.39 is 5.50 Å². The van der Waals surface area contributed by atoms with Crippen molar-refractivity contribution in [3.05, 3.63) is 36.6 Å². The average molecular weight is 238 g/mol. The summed E-state index contributed by atoms with van der Waals surface area (Å²) in [5, 5.41) is 0. The summed E-state index contributed by atoms with van der Waals surface area (Å²) in [6.45, 7) is 9.07. The van der Waals surface area contributed by atoms with Gasteiger partial charge < -0.3 is 8.94 Å². The smallest absolute Gasteiger partial charge is 0.396 e. The quantitative estimate of drug-likeness (QED) is 0.232. The second-order valence-corrected chi connectivity index (χ2v) is 3.05. The first-order valence-electron chi connectivity index (χ1n) is 4.85. The fourth-order valence-electron chi connectivity index (χ4n) is 1.12. The lowest BCUT2D eigenvalue weighted by atomic mass is 9.75. The van der Waals surface area contributed by atoms with E-state index in [4.69, 9.17) is 16.6 Å². The molecule has 0 aromatic carbocycles. The molecule has 0 amide bonds. The maximum absolute atomic E-state index is 5.68. The zero-order valence-electron chi connectivity index (χ0n) is 9.79. The van der Waals surface area contributed by atoms with Crippen LogP contribution in [0.2, 0.25) is 0 Å². The standard InChI is InChI=1S/C12H15BClO2/c1-5-9-12(10-6-2,13-16-14)15-11(7-3)8-4/h5,7-9H,3H2,1-2,4H3/b9-5?,11-8+. The van der Waals surface area contributed by atoms with E-state index in [0.717, 1.165) is 0 Å². The van der Waals surface area contributed by atoms with E-state index >= 15 is 0 Å². The molecule has 0 aromatic heterocycles. The molecular weight excluding hydrogens is 222 g/mol. The average Bonchev–Trinajstić information content (AvgIpc) is 2.27. The molecule has 0 saturated carbocycles. The van der Waals surface area contributed by atoms with Crippen LogP contribution in [0.5, 0.6) is 0 Å². The van der Waals surface area contributed by atoms with Crippen molar-refractivity contribution >= 4 is 19.3 Å². The van der Waals surface area contributed by atoms with Crippen molar-refractivity contribution in [3.63, 3.8) is 0 Å². The molecule has 0 aliphatic rings. The second kappa shape index (κ2) is 8.09. The minimum absolute atomic E-state index is 0.603. The fourth-order valence-corrected chi connectivity index (χ4v) is 1.25. The van der Waals surface area contributed by atoms with Gasteiger partial charge in [-0.1, -0.05) is 18.6 Å². The molecule has 0 aromatic rings. The Morgan fingerprint density at radius 3 is 2.56 bits per heavy atom. The predicted molar refractivity (Wildman–Crippen MR) is 68.7 cm³/mol. The van der Waals surface area contributed by atoms with Crippen molar-refractivity contribution in [2.24, 2.45) is 0 Å². The summed E-state index contributed by atoms with van der Waals surface area (Å²) in [5.74, 6) is 6.26. The van der Waals surface area contributed by atoms with Gasteiger partial charge in [-0.25, -0.2) is 0 Å². The van der Waals surface area contributed by atoms with Crippen LogP contribution in [0.25, 0.3) is 0 Å². The van der Waals surface area contributed by atoms with Gasteiger partial charge >= 0.3 is 7.48 Å². The molecule has 0 rings (SSSR count). The minimum atomic E-state index is -0.985. The Kier molecular flexibility index (Phi) is 7.54. The molecule has 0 spiro atoms. The lowest BCUT2D eigenvalue weighted by molar-refractivity contribution is 0.163. The lowest BCUT2D eigenvalue weighted by Crippen LogP contribution is -2.36. The molecule has 16 heavy (non-hydrogen) atoms. The first-order valence-corrected chi connectivity index (χ1v) is 5.16. The number of ether oxygens (including phenoxy) is 1. The van der Waals surface area contributed by atoms with Gasteiger partial charge in [0.05, 0.1) is 0 Å². The Morgan fingerprint density at radius 1 is 1.50 bits per heavy atom. The highest BCUT2D eigenvalue weighted by atomic mass is 35.5. The predicted octanol–water partition coefficient (Wildman–Crippen LogP) is 3.18. The lowest BCUT2D eigenvalue weighted by Gasteiger charge is -2.24. The van der Waals surface area contributed by atoms with Crippen molar-refractivity contribution in [1.29, 1.82) is 0 Å². The molecule has 0 heterocycles. The van der Waals surface area contributed by atoms with Gasteiger partial charge in [-0.3, -0.25) is 0 Å². The van der Waals surface area contributed by atoms with Crippen LogP contribution >= 0.6 is 11.9 Å². The monoisotopic (exact) mass is 237 g/mol. The third-order valence-corrected chi connectivity index (χ3v) is 1.82. The highest BCUT2D eigenvalue weighted by molar-refractivity contribution is 6.41. The van der Waals surface area contributed by atoms with Gasteiger partial charge in [-0.2, -0.15) is 0 Å². The number of hydrogen-bond donors (Lipinski definition) is 0. The van der Waals surface area contributed by atoms with E-state index in [2.05, 4.69) is 22.6 Å². The van der Waals surface area contributed by atoms with Crippen LogP contribution in [0.4, 0.5) is 0 Å². The van der Waals surface area contributed by atoms with Crippen molar-refractivity contribution in [3.8, 4) is 11.8 Å². The SMILES string of the molecule is C=C/C(=C\C)OC([B]OCl)(C#CC)C=CC. The minimum Gasteiger partial charge on any atom is -0.477 e. The maximum atomic E-state index is 5.68. The molecule has 2 nitrogen and oxygen atoms in total. The number of rotatable bonds is 6. The molecule has 1 radical (unpaired) electrons. The van der Waals surface area contributed by atoms with Crippen LogP contribution in [-0.4, -0.2) is 13.0 Å². The number of hydrogen-bond acceptors (Lipinski definition) is 2. The van der Waals surface area contributed by atoms with Crippen LogP contribution in [0, 0.1) is 11.8 Å². The summed E-state index contributed by atoms with van der Waals surface area (Å²) in [4.78, 5) is 0. The van der Waals surface area contributed by atoms with Crippen LogP contribution in [0.1, 0.15) is 20.8 Å². The van der Waals surface area contributed by atoms with Crippen LogP contribution in [0.3, 0.4) is 0 Å². The van der Waals surface area contributed by atoms with Crippen LogP contribution in [-0.2, 0) is 8.94 Å². The summed E-state index contributed by atoms with van der Waals surface area (Å²) in [6, 6.07) is 0. The van der Waals surface area contributed by atoms with E-state index in [9.17, 15) is 0 Å². The maximum Gasteiger partial charge on any atom is 0.396 e. The van der Waals surface area contributed by atoms with Crippen molar-refractivity contribution in [1.82, 2.24) is 0 Å². The van der Waals surface area contributed by atoms with E-state index in [1.165, 1.54) is 7.48 Å². The highest BCUT2D eigenvalue weighted by Gasteiger charge is 2.30. The van der Waals surface area contributed by atoms with Gasteiger partial charge in [0.15, 0.2) is 5.50 Å². The molecule has 0 bridgehead atoms. The molecule has 0 N–H and O–H groups in total. The topological polar surface area (TPSA) is 18.5 Å². The van der Waals surface area contributed by atoms with Gasteiger partial charge in [-0.05, 0) is 39.0 Å². The third-order valence-electron chi connectivity index (χ3n) is 1.73. The first kappa shape index (κ1) is 14.9. The zero-order chi connectivity index (χ0) is 12.4. The molecule has 4 heteroatoms. The van der Waals surface area contributed by atoms with Crippen molar-refractivity contribution < 1.29 is 8.94 Å². The summed E-state index contributed by atoms with van der Waals surface area (Å²) < 4.78 is 10.2. The third kappa shape index (κ3) is 4.61. The van der Waals surface area contributed by atoms with Crippen LogP contribution in [0.15, 0.2) is 36.6 Å². The Morgan fingerprint density at radius 2 is 2.19 bits per heavy atom. The Bertz CT molecular complexity index is 339. The van der Waals surface area contributed by atoms with E-state index in [-0.39, 0.29) is 0 Å². The Balaban J connectivity index is 5.14. The van der Waals surface area contributed by atoms with Gasteiger partial charge in [0.2, 0.25) is 0 Å². The summed E-state index contributed by atoms with van der Waals surface area (Å²) in [5.41, 5.74) is -0.985. The number of halogens is 1. The molecule has 0 aliphatic carbocycles.